The average Bonchev–Trinajstić information content (AvgIpc) is 3.21. The van der Waals surface area contributed by atoms with Crippen molar-refractivity contribution in [1.29, 1.82) is 0 Å². The summed E-state index contributed by atoms with van der Waals surface area (Å²) in [6.07, 6.45) is 0. The molecule has 0 fully saturated rings. The fraction of sp³-hybridized carbons (Fsp3) is 0.118. The minimum absolute atomic E-state index is 0.144. The third-order valence-electron chi connectivity index (χ3n) is 3.79. The van der Waals surface area contributed by atoms with Crippen molar-refractivity contribution in [2.24, 2.45) is 0 Å². The zero-order valence-electron chi connectivity index (χ0n) is 12.8. The lowest BCUT2D eigenvalue weighted by Gasteiger charge is -2.05. The Morgan fingerprint density at radius 2 is 2.17 bits per heavy atom. The summed E-state index contributed by atoms with van der Waals surface area (Å²) in [7, 11) is 0. The SMILES string of the molecule is Cc1cc(CNC(=O)c2ccc3c(c2)[nH]c(=O)c2ccsc23)no1. The van der Waals surface area contributed by atoms with Gasteiger partial charge in [-0.1, -0.05) is 11.2 Å². The second-order valence-electron chi connectivity index (χ2n) is 5.49. The van der Waals surface area contributed by atoms with Crippen LogP contribution in [-0.4, -0.2) is 16.0 Å². The summed E-state index contributed by atoms with van der Waals surface area (Å²) in [5.74, 6) is 0.465. The summed E-state index contributed by atoms with van der Waals surface area (Å²) in [5.41, 5.74) is 1.65. The van der Waals surface area contributed by atoms with Gasteiger partial charge in [0.1, 0.15) is 11.5 Å². The highest BCUT2D eigenvalue weighted by atomic mass is 32.1. The number of hydrogen-bond acceptors (Lipinski definition) is 5. The summed E-state index contributed by atoms with van der Waals surface area (Å²) in [5, 5.41) is 10.1. The van der Waals surface area contributed by atoms with Gasteiger partial charge in [0.2, 0.25) is 0 Å². The van der Waals surface area contributed by atoms with Crippen LogP contribution in [0.4, 0.5) is 0 Å². The van der Waals surface area contributed by atoms with Crippen LogP contribution in [0.25, 0.3) is 21.0 Å². The molecule has 24 heavy (non-hydrogen) atoms. The maximum atomic E-state index is 12.3. The lowest BCUT2D eigenvalue weighted by molar-refractivity contribution is 0.0950. The number of pyridine rings is 1. The molecule has 0 saturated carbocycles. The van der Waals surface area contributed by atoms with Crippen LogP contribution >= 0.6 is 11.3 Å². The number of benzene rings is 1. The van der Waals surface area contributed by atoms with Crippen LogP contribution in [0.2, 0.25) is 0 Å². The van der Waals surface area contributed by atoms with Gasteiger partial charge in [0.05, 0.1) is 17.4 Å². The number of carbonyl (C=O) groups is 1. The molecule has 0 spiro atoms. The number of fused-ring (bicyclic) bond motifs is 3. The Hall–Kier alpha value is -2.93. The fourth-order valence-corrected chi connectivity index (χ4v) is 3.58. The average molecular weight is 339 g/mol. The van der Waals surface area contributed by atoms with Gasteiger partial charge in [0.25, 0.3) is 11.5 Å². The molecule has 0 unspecified atom stereocenters. The first-order chi connectivity index (χ1) is 11.6. The highest BCUT2D eigenvalue weighted by molar-refractivity contribution is 7.18. The van der Waals surface area contributed by atoms with Gasteiger partial charge in [-0.25, -0.2) is 0 Å². The monoisotopic (exact) mass is 339 g/mol. The van der Waals surface area contributed by atoms with E-state index in [-0.39, 0.29) is 18.0 Å². The third kappa shape index (κ3) is 2.48. The number of carbonyl (C=O) groups excluding carboxylic acids is 1. The molecule has 4 aromatic rings. The normalized spacial score (nSPS) is 11.2. The van der Waals surface area contributed by atoms with Crippen LogP contribution < -0.4 is 10.9 Å². The van der Waals surface area contributed by atoms with E-state index in [0.29, 0.717) is 27.9 Å². The van der Waals surface area contributed by atoms with E-state index in [4.69, 9.17) is 4.52 Å². The maximum absolute atomic E-state index is 12.3. The Morgan fingerprint density at radius 3 is 2.96 bits per heavy atom. The predicted molar refractivity (Wildman–Crippen MR) is 92.4 cm³/mol. The first-order valence-electron chi connectivity index (χ1n) is 7.35. The zero-order valence-corrected chi connectivity index (χ0v) is 13.6. The van der Waals surface area contributed by atoms with Crippen molar-refractivity contribution in [2.75, 3.05) is 0 Å². The number of amides is 1. The standard InChI is InChI=1S/C17H13N3O3S/c1-9-6-11(20-23-9)8-18-16(21)10-2-3-12-14(7-10)19-17(22)13-4-5-24-15(12)13/h2-7H,8H2,1H3,(H,18,21)(H,19,22). The molecule has 0 bridgehead atoms. The molecule has 7 heteroatoms. The van der Waals surface area contributed by atoms with Crippen molar-refractivity contribution in [3.8, 4) is 0 Å². The van der Waals surface area contributed by atoms with E-state index >= 15 is 0 Å². The topological polar surface area (TPSA) is 88.0 Å². The number of nitrogens with one attached hydrogen (secondary N) is 2. The molecule has 0 atom stereocenters. The van der Waals surface area contributed by atoms with Crippen molar-refractivity contribution in [3.05, 3.63) is 63.1 Å². The van der Waals surface area contributed by atoms with Crippen LogP contribution in [0.5, 0.6) is 0 Å². The van der Waals surface area contributed by atoms with Crippen molar-refractivity contribution in [1.82, 2.24) is 15.5 Å². The highest BCUT2D eigenvalue weighted by Gasteiger charge is 2.11. The number of rotatable bonds is 3. The van der Waals surface area contributed by atoms with E-state index in [9.17, 15) is 9.59 Å². The number of aryl methyl sites for hydroxylation is 1. The Bertz CT molecular complexity index is 1120. The fourth-order valence-electron chi connectivity index (χ4n) is 2.65. The van der Waals surface area contributed by atoms with E-state index in [2.05, 4.69) is 15.5 Å². The van der Waals surface area contributed by atoms with Crippen LogP contribution in [0, 0.1) is 6.92 Å². The van der Waals surface area contributed by atoms with Crippen LogP contribution in [0.15, 0.2) is 45.0 Å². The lowest BCUT2D eigenvalue weighted by Crippen LogP contribution is -2.23. The third-order valence-corrected chi connectivity index (χ3v) is 4.74. The molecular formula is C17H13N3O3S. The van der Waals surface area contributed by atoms with Crippen molar-refractivity contribution in [2.45, 2.75) is 13.5 Å². The number of nitrogens with zero attached hydrogens (tertiary/aromatic N) is 1. The zero-order chi connectivity index (χ0) is 16.7. The van der Waals surface area contributed by atoms with E-state index in [1.165, 1.54) is 11.3 Å². The quantitative estimate of drug-likeness (QED) is 0.601. The summed E-state index contributed by atoms with van der Waals surface area (Å²) in [6.45, 7) is 2.08. The molecule has 1 aromatic carbocycles. The number of aromatic nitrogens is 2. The Labute approximate surface area is 140 Å². The molecule has 2 N–H and O–H groups in total. The summed E-state index contributed by atoms with van der Waals surface area (Å²) in [6, 6.07) is 8.88. The van der Waals surface area contributed by atoms with Crippen LogP contribution in [0.3, 0.4) is 0 Å². The van der Waals surface area contributed by atoms with E-state index < -0.39 is 0 Å². The lowest BCUT2D eigenvalue weighted by atomic mass is 10.1. The molecule has 3 aromatic heterocycles. The van der Waals surface area contributed by atoms with Gasteiger partial charge in [0, 0.05) is 21.7 Å². The second kappa shape index (κ2) is 5.61. The number of thiophene rings is 1. The van der Waals surface area contributed by atoms with Crippen molar-refractivity contribution in [3.63, 3.8) is 0 Å². The highest BCUT2D eigenvalue weighted by Crippen LogP contribution is 2.26. The van der Waals surface area contributed by atoms with Gasteiger partial charge in [-0.05, 0) is 30.5 Å². The van der Waals surface area contributed by atoms with Gasteiger partial charge >= 0.3 is 0 Å². The first-order valence-corrected chi connectivity index (χ1v) is 8.23. The first kappa shape index (κ1) is 14.6. The predicted octanol–water partition coefficient (Wildman–Crippen LogP) is 2.97. The van der Waals surface area contributed by atoms with E-state index in [1.54, 1.807) is 31.2 Å². The second-order valence-corrected chi connectivity index (χ2v) is 6.41. The van der Waals surface area contributed by atoms with Crippen molar-refractivity contribution >= 4 is 38.2 Å². The molecule has 3 heterocycles. The van der Waals surface area contributed by atoms with Gasteiger partial charge in [-0.3, -0.25) is 9.59 Å². The minimum Gasteiger partial charge on any atom is -0.361 e. The van der Waals surface area contributed by atoms with Crippen LogP contribution in [0.1, 0.15) is 21.8 Å². The van der Waals surface area contributed by atoms with E-state index in [1.807, 2.05) is 11.4 Å². The largest absolute Gasteiger partial charge is 0.361 e. The molecule has 0 aliphatic rings. The summed E-state index contributed by atoms with van der Waals surface area (Å²) < 4.78 is 5.90. The Balaban J connectivity index is 1.65. The molecule has 0 aliphatic carbocycles. The Kier molecular flexibility index (Phi) is 3.42. The maximum Gasteiger partial charge on any atom is 0.257 e. The van der Waals surface area contributed by atoms with Crippen LogP contribution in [-0.2, 0) is 6.54 Å². The molecule has 120 valence electrons. The number of aromatic amines is 1. The minimum atomic E-state index is -0.232. The molecular weight excluding hydrogens is 326 g/mol. The Morgan fingerprint density at radius 1 is 1.29 bits per heavy atom. The molecule has 0 aliphatic heterocycles. The summed E-state index contributed by atoms with van der Waals surface area (Å²) >= 11 is 1.52. The van der Waals surface area contributed by atoms with Gasteiger partial charge < -0.3 is 14.8 Å². The summed E-state index contributed by atoms with van der Waals surface area (Å²) in [4.78, 5) is 27.2. The molecule has 6 nitrogen and oxygen atoms in total. The molecule has 0 radical (unpaired) electrons. The number of hydrogen-bond donors (Lipinski definition) is 2. The van der Waals surface area contributed by atoms with Gasteiger partial charge in [0.15, 0.2) is 0 Å². The van der Waals surface area contributed by atoms with Crippen molar-refractivity contribution < 1.29 is 9.32 Å². The molecule has 0 saturated heterocycles. The smallest absolute Gasteiger partial charge is 0.257 e. The van der Waals surface area contributed by atoms with Gasteiger partial charge in [-0.2, -0.15) is 0 Å². The molecule has 4 rings (SSSR count). The molecule has 1 amide bonds. The van der Waals surface area contributed by atoms with Gasteiger partial charge in [-0.15, -0.1) is 11.3 Å². The number of H-pyrrole nitrogens is 1. The van der Waals surface area contributed by atoms with E-state index in [0.717, 1.165) is 10.1 Å².